The molecule has 0 bridgehead atoms. The highest BCUT2D eigenvalue weighted by molar-refractivity contribution is 7.86. The Morgan fingerprint density at radius 2 is 0.586 bits per heavy atom. The zero-order chi connectivity index (χ0) is 105. The van der Waals surface area contributed by atoms with Crippen LogP contribution < -0.4 is 19.3 Å². The van der Waals surface area contributed by atoms with Crippen LogP contribution in [-0.4, -0.2) is 254 Å². The van der Waals surface area contributed by atoms with Crippen LogP contribution in [0.2, 0.25) is 0 Å². The molecule has 9 aromatic carbocycles. The van der Waals surface area contributed by atoms with Crippen LogP contribution in [-0.2, 0) is 95.6 Å². The summed E-state index contributed by atoms with van der Waals surface area (Å²) >= 11 is 0. The number of ether oxygens (including phenoxy) is 13. The average Bonchev–Trinajstić information content (AvgIpc) is 0.812. The monoisotopic (exact) mass is 2000 g/mol. The van der Waals surface area contributed by atoms with E-state index in [-0.39, 0.29) is 152 Å². The number of rotatable bonds is 37. The molecule has 0 unspecified atom stereocenters. The van der Waals surface area contributed by atoms with Crippen molar-refractivity contribution < 1.29 is 206 Å². The van der Waals surface area contributed by atoms with E-state index in [0.29, 0.717) is 24.5 Å². The van der Waals surface area contributed by atoms with Crippen LogP contribution in [0.5, 0.6) is 17.2 Å². The van der Waals surface area contributed by atoms with Gasteiger partial charge >= 0.3 is 103 Å². The Morgan fingerprint density at radius 3 is 0.950 bits per heavy atom. The number of aryl methyl sites for hydroxylation is 2. The fourth-order valence-corrected chi connectivity index (χ4v) is 10.6. The van der Waals surface area contributed by atoms with Gasteiger partial charge in [0.15, 0.2) is 0 Å². The Kier molecular flexibility index (Phi) is 58.6. The number of hydrogen-bond donors (Lipinski definition) is 10. The molecule has 44 nitrogen and oxygen atoms in total. The summed E-state index contributed by atoms with van der Waals surface area (Å²) in [4.78, 5) is 202. The molecule has 46 heteroatoms. The standard InChI is InChI=1S/C12H13NO5.2C12H12O6.C11H13O8P.C11H12O7S.C11H12O5.C10H12O4.C8H8O2.C7H8/c1-8(14)13-6-7-18-12(17)10-5-3-2-4-9(10)11(15)16;1-8(13)17-6-7-18-12(16)10-4-2-9(3-5-10)11(14)15;1-8(13)17-6-7-18-12(16)10-5-3-2-4-9(10)11(14)15;1-8(12)17-6-7-18-11(13)9-4-2-3-5-10(9)19-20(14,15)16;1-8(12)17-6-7-18-11(13)9-4-2-3-5-10(9)19(14,15)16;1-8(12)15-6-7-16-10-5-3-2-4-9(10)11(13)14;1-13-6-7-14-9-4-2-8(3-5-9)10(11)12;1-6-2-4-7(5-3-6)8(9)10;1-7-5-3-2-4-6-7/h2-5H,6-7H2,1H3,(H,13,14)(H,15,16);2*2-5H,6-7H2,1H3,(H,14,15);2-5H,6-7H2,1H3,(H2,14,15,16);2-5H,6-7H2,1H3,(H,14,15,16);2-5H,6-7H2,1H3,(H,13,14);2-5H,6-7H2,1H3,(H,11,12);2-5H,1H3,(H,9,10);2-6H,1H3. The molecule has 0 fully saturated rings. The molecule has 752 valence electrons. The van der Waals surface area contributed by atoms with E-state index in [0.717, 1.165) is 11.6 Å². The maximum Gasteiger partial charge on any atom is 0.524 e. The summed E-state index contributed by atoms with van der Waals surface area (Å²) in [5.41, 5.74) is 2.70. The Morgan fingerprint density at radius 1 is 0.293 bits per heavy atom. The number of carbonyl (C=O) groups is 17. The van der Waals surface area contributed by atoms with Crippen molar-refractivity contribution in [2.75, 3.05) is 99.5 Å². The Labute approximate surface area is 800 Å². The first kappa shape index (κ1) is 121. The molecule has 0 saturated heterocycles. The van der Waals surface area contributed by atoms with E-state index >= 15 is 0 Å². The van der Waals surface area contributed by atoms with Gasteiger partial charge in [-0.15, -0.1) is 0 Å². The lowest BCUT2D eigenvalue weighted by Crippen LogP contribution is -2.25. The van der Waals surface area contributed by atoms with Gasteiger partial charge in [-0.2, -0.15) is 8.42 Å². The van der Waals surface area contributed by atoms with Crippen LogP contribution in [0.15, 0.2) is 229 Å². The van der Waals surface area contributed by atoms with E-state index in [1.165, 1.54) is 174 Å². The molecule has 10 N–H and O–H groups in total. The highest BCUT2D eigenvalue weighted by Gasteiger charge is 2.25. The van der Waals surface area contributed by atoms with Crippen LogP contribution in [0.4, 0.5) is 0 Å². The summed E-state index contributed by atoms with van der Waals surface area (Å²) in [6.45, 7) is 12.1. The molecule has 9 rings (SSSR count). The largest absolute Gasteiger partial charge is 0.524 e. The van der Waals surface area contributed by atoms with Crippen LogP contribution in [0, 0.1) is 13.8 Å². The summed E-state index contributed by atoms with van der Waals surface area (Å²) in [6, 6.07) is 56.9. The summed E-state index contributed by atoms with van der Waals surface area (Å²) < 4.78 is 108. The van der Waals surface area contributed by atoms with Crippen molar-refractivity contribution in [2.45, 2.75) is 60.3 Å². The van der Waals surface area contributed by atoms with Gasteiger partial charge in [-0.1, -0.05) is 114 Å². The fraction of sp³-hybridized carbons (Fsp3) is 0.245. The number of carboxylic acid groups (broad SMARTS) is 6. The lowest BCUT2D eigenvalue weighted by molar-refractivity contribution is -0.142. The summed E-state index contributed by atoms with van der Waals surface area (Å²) in [6.07, 6.45) is 0. The van der Waals surface area contributed by atoms with Crippen molar-refractivity contribution in [1.82, 2.24) is 5.32 Å². The highest BCUT2D eigenvalue weighted by Crippen LogP contribution is 2.39. The third kappa shape index (κ3) is 55.3. The molecule has 0 aliphatic rings. The zero-order valence-corrected chi connectivity index (χ0v) is 78.2. The van der Waals surface area contributed by atoms with Gasteiger partial charge < -0.3 is 102 Å². The van der Waals surface area contributed by atoms with Gasteiger partial charge in [0.05, 0.1) is 63.2 Å². The van der Waals surface area contributed by atoms with E-state index < -0.39 is 118 Å². The minimum Gasteiger partial charge on any atom is -0.491 e. The Balaban J connectivity index is 0.000000795. The molecular formula is C94H102NO43PS. The van der Waals surface area contributed by atoms with Gasteiger partial charge in [-0.3, -0.25) is 43.1 Å². The van der Waals surface area contributed by atoms with E-state index in [1.807, 2.05) is 25.1 Å². The van der Waals surface area contributed by atoms with Crippen LogP contribution in [0.1, 0.15) is 167 Å². The van der Waals surface area contributed by atoms with Gasteiger partial charge in [0.25, 0.3) is 10.1 Å². The first-order chi connectivity index (χ1) is 66.1. The number of carboxylic acids is 6. The van der Waals surface area contributed by atoms with Crippen LogP contribution >= 0.6 is 7.82 Å². The molecule has 140 heavy (non-hydrogen) atoms. The second kappa shape index (κ2) is 67.6. The first-order valence-corrected chi connectivity index (χ1v) is 43.4. The maximum absolute atomic E-state index is 11.7. The van der Waals surface area contributed by atoms with Gasteiger partial charge in [0.2, 0.25) is 5.91 Å². The molecule has 0 heterocycles. The van der Waals surface area contributed by atoms with E-state index in [2.05, 4.69) is 52.6 Å². The first-order valence-electron chi connectivity index (χ1n) is 40.5. The number of methoxy groups -OCH3 is 1. The maximum atomic E-state index is 11.7. The summed E-state index contributed by atoms with van der Waals surface area (Å²) in [7, 11) is -7.69. The third-order valence-corrected chi connectivity index (χ3v) is 17.0. The van der Waals surface area contributed by atoms with Gasteiger partial charge in [-0.25, -0.2) is 57.3 Å². The second-order valence-electron chi connectivity index (χ2n) is 26.6. The number of para-hydroxylation sites is 2. The van der Waals surface area contributed by atoms with Crippen molar-refractivity contribution >= 4 is 119 Å². The minimum absolute atomic E-state index is 0.00567. The number of carbonyl (C=O) groups excluding carboxylic acids is 11. The number of esters is 10. The van der Waals surface area contributed by atoms with Crippen molar-refractivity contribution in [2.24, 2.45) is 0 Å². The molecule has 0 aliphatic carbocycles. The van der Waals surface area contributed by atoms with Crippen LogP contribution in [0.25, 0.3) is 0 Å². The Bertz CT molecular complexity index is 5640. The van der Waals surface area contributed by atoms with Gasteiger partial charge in [-0.05, 0) is 135 Å². The number of amides is 1. The molecular weight excluding hydrogens is 1890 g/mol. The van der Waals surface area contributed by atoms with E-state index in [4.69, 9.17) is 82.9 Å². The predicted molar refractivity (Wildman–Crippen MR) is 488 cm³/mol. The topological polar surface area (TPSA) is 665 Å². The molecule has 0 radical (unpaired) electrons. The number of benzene rings is 9. The molecule has 9 aromatic rings. The number of phosphoric acid groups is 1. The van der Waals surface area contributed by atoms with Crippen molar-refractivity contribution in [1.29, 1.82) is 0 Å². The van der Waals surface area contributed by atoms with Crippen molar-refractivity contribution in [3.05, 3.63) is 297 Å². The second-order valence-corrected chi connectivity index (χ2v) is 29.2. The molecule has 0 saturated carbocycles. The smallest absolute Gasteiger partial charge is 0.491 e. The molecule has 0 atom stereocenters. The average molecular weight is 2000 g/mol. The lowest BCUT2D eigenvalue weighted by Gasteiger charge is -2.11. The van der Waals surface area contributed by atoms with Crippen molar-refractivity contribution in [3.63, 3.8) is 0 Å². The van der Waals surface area contributed by atoms with Crippen LogP contribution in [0.3, 0.4) is 0 Å². The Hall–Kier alpha value is -16.6. The normalized spacial score (nSPS) is 9.89. The minimum atomic E-state index is -4.78. The molecule has 0 aliphatic heterocycles. The highest BCUT2D eigenvalue weighted by atomic mass is 32.2. The van der Waals surface area contributed by atoms with Gasteiger partial charge in [0, 0.05) is 48.7 Å². The molecule has 0 spiro atoms. The number of nitrogens with one attached hydrogen (secondary N) is 1. The van der Waals surface area contributed by atoms with E-state index in [1.54, 1.807) is 67.8 Å². The lowest BCUT2D eigenvalue weighted by atomic mass is 10.1. The quantitative estimate of drug-likeness (QED) is 0.00568. The number of phosphoric ester groups is 1. The third-order valence-electron chi connectivity index (χ3n) is 15.7. The summed E-state index contributed by atoms with van der Waals surface area (Å²) in [5, 5.41) is 54.9. The molecule has 1 amide bonds. The number of hydrogen-bond acceptors (Lipinski definition) is 34. The number of aromatic carboxylic acids is 6. The molecule has 0 aromatic heterocycles. The van der Waals surface area contributed by atoms with Crippen molar-refractivity contribution in [3.8, 4) is 17.2 Å². The van der Waals surface area contributed by atoms with E-state index in [9.17, 15) is 94.5 Å². The SMILES string of the molecule is CC(=O)NCCOC(=O)c1ccccc1C(=O)O.CC(=O)OCCOC(=O)c1ccc(C(=O)O)cc1.CC(=O)OCCOC(=O)c1ccccc1C(=O)O.CC(=O)OCCOC(=O)c1ccccc1OP(=O)(O)O.CC(=O)OCCOC(=O)c1ccccc1S(=O)(=O)O.CC(=O)OCCOc1ccccc1C(=O)O.COCCOc1ccc(C(=O)O)cc1.Cc1ccc(C(=O)O)cc1.Cc1ccccc1. The fourth-order valence-electron chi connectivity index (χ4n) is 9.46. The van der Waals surface area contributed by atoms with Gasteiger partial charge in [0.1, 0.15) is 113 Å². The predicted octanol–water partition coefficient (Wildman–Crippen LogP) is 10.8. The summed E-state index contributed by atoms with van der Waals surface area (Å²) in [5.74, 6) is -12.1. The zero-order valence-electron chi connectivity index (χ0n) is 76.5.